The lowest BCUT2D eigenvalue weighted by atomic mass is 9.98. The zero-order valence-electron chi connectivity index (χ0n) is 13.5. The average molecular weight is 308 g/mol. The molecule has 1 unspecified atom stereocenters. The van der Waals surface area contributed by atoms with Crippen LogP contribution in [-0.4, -0.2) is 19.2 Å². The molecule has 23 heavy (non-hydrogen) atoms. The summed E-state index contributed by atoms with van der Waals surface area (Å²) in [6.45, 7) is 1.97. The van der Waals surface area contributed by atoms with Crippen LogP contribution in [0.2, 0.25) is 0 Å². The number of aryl methyl sites for hydroxylation is 1. The highest BCUT2D eigenvalue weighted by Crippen LogP contribution is 2.30. The number of hydrogen-bond acceptors (Lipinski definition) is 4. The molecule has 0 aliphatic rings. The Bertz CT molecular complexity index is 846. The third-order valence-electron chi connectivity index (χ3n) is 3.94. The summed E-state index contributed by atoms with van der Waals surface area (Å²) in [5.74, 6) is 1.61. The number of aromatic nitrogens is 1. The molecular formula is C19H20N2O2. The van der Waals surface area contributed by atoms with Crippen LogP contribution in [0, 0.1) is 6.92 Å². The fraction of sp³-hybridized carbons (Fsp3) is 0.211. The van der Waals surface area contributed by atoms with E-state index in [4.69, 9.17) is 15.2 Å². The molecule has 3 aromatic rings. The molecule has 0 amide bonds. The molecule has 0 aliphatic heterocycles. The van der Waals surface area contributed by atoms with Crippen molar-refractivity contribution in [3.05, 3.63) is 65.5 Å². The van der Waals surface area contributed by atoms with Gasteiger partial charge in [0.1, 0.15) is 11.5 Å². The van der Waals surface area contributed by atoms with Gasteiger partial charge in [0.05, 0.1) is 26.0 Å². The molecule has 0 saturated carbocycles. The molecule has 2 aromatic carbocycles. The molecule has 0 saturated heterocycles. The maximum atomic E-state index is 6.50. The first-order valence-corrected chi connectivity index (χ1v) is 7.47. The number of nitrogens with two attached hydrogens (primary N) is 1. The lowest BCUT2D eigenvalue weighted by molar-refractivity contribution is 0.414. The van der Waals surface area contributed by atoms with E-state index in [0.29, 0.717) is 0 Å². The lowest BCUT2D eigenvalue weighted by Crippen LogP contribution is -2.14. The highest BCUT2D eigenvalue weighted by atomic mass is 16.5. The Morgan fingerprint density at radius 3 is 2.43 bits per heavy atom. The summed E-state index contributed by atoms with van der Waals surface area (Å²) in [5.41, 5.74) is 9.25. The average Bonchev–Trinajstić information content (AvgIpc) is 2.59. The number of hydrogen-bond donors (Lipinski definition) is 1. The Morgan fingerprint density at radius 2 is 1.70 bits per heavy atom. The van der Waals surface area contributed by atoms with E-state index in [9.17, 15) is 0 Å². The van der Waals surface area contributed by atoms with Crippen LogP contribution in [0.4, 0.5) is 0 Å². The molecule has 1 heterocycles. The van der Waals surface area contributed by atoms with Gasteiger partial charge in [0.15, 0.2) is 0 Å². The standard InChI is InChI=1S/C19H20N2O2/c1-12-9-14-11-16(23-3)7-8-17(14)19(21-12)18(20)13-5-4-6-15(10-13)22-2/h4-11,18H,20H2,1-3H3. The van der Waals surface area contributed by atoms with E-state index in [-0.39, 0.29) is 6.04 Å². The Balaban J connectivity index is 2.14. The van der Waals surface area contributed by atoms with Crippen LogP contribution < -0.4 is 15.2 Å². The molecule has 0 fully saturated rings. The third kappa shape index (κ3) is 2.98. The highest BCUT2D eigenvalue weighted by molar-refractivity contribution is 5.87. The van der Waals surface area contributed by atoms with Gasteiger partial charge in [-0.3, -0.25) is 4.98 Å². The normalized spacial score (nSPS) is 12.2. The molecule has 118 valence electrons. The van der Waals surface area contributed by atoms with E-state index in [0.717, 1.165) is 39.2 Å². The fourth-order valence-electron chi connectivity index (χ4n) is 2.76. The van der Waals surface area contributed by atoms with Gasteiger partial charge in [0.25, 0.3) is 0 Å². The van der Waals surface area contributed by atoms with E-state index >= 15 is 0 Å². The number of rotatable bonds is 4. The number of fused-ring (bicyclic) bond motifs is 1. The van der Waals surface area contributed by atoms with Gasteiger partial charge < -0.3 is 15.2 Å². The zero-order valence-corrected chi connectivity index (χ0v) is 13.5. The fourth-order valence-corrected chi connectivity index (χ4v) is 2.76. The van der Waals surface area contributed by atoms with E-state index in [1.165, 1.54) is 0 Å². The number of pyridine rings is 1. The van der Waals surface area contributed by atoms with Gasteiger partial charge in [-0.05, 0) is 54.3 Å². The van der Waals surface area contributed by atoms with Crippen LogP contribution >= 0.6 is 0 Å². The quantitative estimate of drug-likeness (QED) is 0.800. The minimum Gasteiger partial charge on any atom is -0.497 e. The first-order valence-electron chi connectivity index (χ1n) is 7.47. The van der Waals surface area contributed by atoms with Crippen molar-refractivity contribution in [1.82, 2.24) is 4.98 Å². The van der Waals surface area contributed by atoms with Gasteiger partial charge in [-0.25, -0.2) is 0 Å². The highest BCUT2D eigenvalue weighted by Gasteiger charge is 2.15. The second-order valence-corrected chi connectivity index (χ2v) is 5.49. The van der Waals surface area contributed by atoms with Crippen LogP contribution in [0.25, 0.3) is 10.8 Å². The first-order chi connectivity index (χ1) is 11.1. The van der Waals surface area contributed by atoms with E-state index in [1.807, 2.05) is 55.5 Å². The zero-order chi connectivity index (χ0) is 16.4. The Kier molecular flexibility index (Phi) is 4.17. The SMILES string of the molecule is COc1cccc(C(N)c2nc(C)cc3cc(OC)ccc23)c1. The van der Waals surface area contributed by atoms with E-state index in [1.54, 1.807) is 14.2 Å². The minimum atomic E-state index is -0.319. The second-order valence-electron chi connectivity index (χ2n) is 5.49. The molecule has 0 spiro atoms. The summed E-state index contributed by atoms with van der Waals surface area (Å²) in [6, 6.07) is 15.5. The number of nitrogens with zero attached hydrogens (tertiary/aromatic N) is 1. The van der Waals surface area contributed by atoms with Crippen molar-refractivity contribution < 1.29 is 9.47 Å². The molecule has 4 heteroatoms. The number of ether oxygens (including phenoxy) is 2. The Hall–Kier alpha value is -2.59. The lowest BCUT2D eigenvalue weighted by Gasteiger charge is -2.16. The molecule has 1 aromatic heterocycles. The maximum absolute atomic E-state index is 6.50. The van der Waals surface area contributed by atoms with E-state index < -0.39 is 0 Å². The molecular weight excluding hydrogens is 288 g/mol. The molecule has 0 aliphatic carbocycles. The predicted molar refractivity (Wildman–Crippen MR) is 92.1 cm³/mol. The minimum absolute atomic E-state index is 0.319. The van der Waals surface area contributed by atoms with Crippen molar-refractivity contribution in [2.24, 2.45) is 5.73 Å². The van der Waals surface area contributed by atoms with Crippen molar-refractivity contribution in [3.63, 3.8) is 0 Å². The Labute approximate surface area is 135 Å². The van der Waals surface area contributed by atoms with Crippen LogP contribution in [0.1, 0.15) is 23.0 Å². The molecule has 1 atom stereocenters. The monoisotopic (exact) mass is 308 g/mol. The maximum Gasteiger partial charge on any atom is 0.119 e. The van der Waals surface area contributed by atoms with Gasteiger partial charge in [-0.2, -0.15) is 0 Å². The van der Waals surface area contributed by atoms with Crippen LogP contribution in [0.15, 0.2) is 48.5 Å². The van der Waals surface area contributed by atoms with Crippen molar-refractivity contribution in [1.29, 1.82) is 0 Å². The van der Waals surface area contributed by atoms with Crippen LogP contribution in [0.3, 0.4) is 0 Å². The first kappa shape index (κ1) is 15.3. The topological polar surface area (TPSA) is 57.4 Å². The summed E-state index contributed by atoms with van der Waals surface area (Å²) >= 11 is 0. The third-order valence-corrected chi connectivity index (χ3v) is 3.94. The summed E-state index contributed by atoms with van der Waals surface area (Å²) in [7, 11) is 3.31. The molecule has 0 bridgehead atoms. The molecule has 4 nitrogen and oxygen atoms in total. The summed E-state index contributed by atoms with van der Waals surface area (Å²) in [5, 5.41) is 2.11. The van der Waals surface area contributed by atoms with Crippen molar-refractivity contribution in [2.75, 3.05) is 14.2 Å². The Morgan fingerprint density at radius 1 is 0.957 bits per heavy atom. The van der Waals surface area contributed by atoms with Crippen molar-refractivity contribution >= 4 is 10.8 Å². The van der Waals surface area contributed by atoms with Gasteiger partial charge in [0, 0.05) is 11.1 Å². The van der Waals surface area contributed by atoms with Gasteiger partial charge >= 0.3 is 0 Å². The summed E-state index contributed by atoms with van der Waals surface area (Å²) in [6.07, 6.45) is 0. The molecule has 0 radical (unpaired) electrons. The van der Waals surface area contributed by atoms with E-state index in [2.05, 4.69) is 4.98 Å². The smallest absolute Gasteiger partial charge is 0.119 e. The van der Waals surface area contributed by atoms with Gasteiger partial charge in [-0.1, -0.05) is 12.1 Å². The predicted octanol–water partition coefficient (Wildman–Crippen LogP) is 3.61. The number of benzene rings is 2. The van der Waals surface area contributed by atoms with Crippen LogP contribution in [0.5, 0.6) is 11.5 Å². The summed E-state index contributed by atoms with van der Waals surface area (Å²) in [4.78, 5) is 4.68. The van der Waals surface area contributed by atoms with Crippen molar-refractivity contribution in [2.45, 2.75) is 13.0 Å². The summed E-state index contributed by atoms with van der Waals surface area (Å²) < 4.78 is 10.6. The van der Waals surface area contributed by atoms with Crippen molar-refractivity contribution in [3.8, 4) is 11.5 Å². The largest absolute Gasteiger partial charge is 0.497 e. The second kappa shape index (κ2) is 6.26. The number of methoxy groups -OCH3 is 2. The van der Waals surface area contributed by atoms with Gasteiger partial charge in [-0.15, -0.1) is 0 Å². The molecule has 2 N–H and O–H groups in total. The molecule has 3 rings (SSSR count). The van der Waals surface area contributed by atoms with Gasteiger partial charge in [0.2, 0.25) is 0 Å². The van der Waals surface area contributed by atoms with Crippen LogP contribution in [-0.2, 0) is 0 Å².